The van der Waals surface area contributed by atoms with E-state index in [1.807, 2.05) is 0 Å². The molecule has 1 N–H and O–H groups in total. The van der Waals surface area contributed by atoms with Gasteiger partial charge in [0.05, 0.1) is 10.6 Å². The van der Waals surface area contributed by atoms with Crippen molar-refractivity contribution < 1.29 is 17.4 Å². The number of amides is 1. The number of hydrogen-bond donors (Lipinski definition) is 1. The van der Waals surface area contributed by atoms with Crippen molar-refractivity contribution in [2.75, 3.05) is 0 Å². The molecule has 1 amide bonds. The number of nitrogens with zero attached hydrogens (tertiary/aromatic N) is 1. The molecule has 0 aliphatic carbocycles. The van der Waals surface area contributed by atoms with Crippen molar-refractivity contribution in [2.45, 2.75) is 4.90 Å². The molecule has 1 saturated heterocycles. The van der Waals surface area contributed by atoms with Gasteiger partial charge in [-0.15, -0.1) is 0 Å². The fourth-order valence-electron chi connectivity index (χ4n) is 2.72. The van der Waals surface area contributed by atoms with E-state index >= 15 is 0 Å². The summed E-state index contributed by atoms with van der Waals surface area (Å²) in [4.78, 5) is 17.2. The SMILES string of the molecule is O=C1NC(=Nc2ccc(Cl)cc2)S/C1=C\c1cc(Br)ccc1OS(=O)(=O)c1ccccc1. The Kier molecular flexibility index (Phi) is 6.71. The Balaban J connectivity index is 1.63. The first kappa shape index (κ1) is 22.6. The fourth-order valence-corrected chi connectivity index (χ4v) is 5.03. The molecule has 32 heavy (non-hydrogen) atoms. The third-order valence-electron chi connectivity index (χ3n) is 4.20. The first-order chi connectivity index (χ1) is 15.3. The highest BCUT2D eigenvalue weighted by Gasteiger charge is 2.25. The largest absolute Gasteiger partial charge is 0.378 e. The van der Waals surface area contributed by atoms with E-state index in [-0.39, 0.29) is 16.6 Å². The molecule has 0 atom stereocenters. The second-order valence-corrected chi connectivity index (χ2v) is 10.4. The van der Waals surface area contributed by atoms with Gasteiger partial charge in [0.15, 0.2) is 5.17 Å². The predicted octanol–water partition coefficient (Wildman–Crippen LogP) is 5.76. The van der Waals surface area contributed by atoms with E-state index in [0.29, 0.717) is 30.8 Å². The van der Waals surface area contributed by atoms with Crippen LogP contribution in [0.15, 0.2) is 92.1 Å². The molecule has 1 aliphatic heterocycles. The van der Waals surface area contributed by atoms with Crippen LogP contribution in [0.4, 0.5) is 5.69 Å². The van der Waals surface area contributed by atoms with Crippen LogP contribution in [-0.2, 0) is 14.9 Å². The standard InChI is InChI=1S/C22H14BrClN2O4S2/c23-15-6-11-19(30-32(28,29)18-4-2-1-3-5-18)14(12-15)13-20-21(27)26-22(31-20)25-17-9-7-16(24)8-10-17/h1-13H,(H,25,26,27)/b20-13-. The van der Waals surface area contributed by atoms with Gasteiger partial charge in [-0.05, 0) is 72.4 Å². The lowest BCUT2D eigenvalue weighted by Gasteiger charge is -2.10. The average Bonchev–Trinajstić information content (AvgIpc) is 3.11. The minimum atomic E-state index is -4.04. The summed E-state index contributed by atoms with van der Waals surface area (Å²) in [6.07, 6.45) is 1.56. The number of aliphatic imine (C=N–C) groups is 1. The second kappa shape index (κ2) is 9.50. The van der Waals surface area contributed by atoms with Crippen LogP contribution in [0.2, 0.25) is 5.02 Å². The lowest BCUT2D eigenvalue weighted by molar-refractivity contribution is -0.115. The Hall–Kier alpha value is -2.59. The number of carbonyl (C=O) groups excluding carboxylic acids is 1. The molecular formula is C22H14BrClN2O4S2. The van der Waals surface area contributed by atoms with Gasteiger partial charge in [-0.3, -0.25) is 4.79 Å². The highest BCUT2D eigenvalue weighted by atomic mass is 79.9. The molecule has 4 rings (SSSR count). The van der Waals surface area contributed by atoms with Crippen molar-refractivity contribution in [1.82, 2.24) is 5.32 Å². The highest BCUT2D eigenvalue weighted by molar-refractivity contribution is 9.10. The molecule has 1 fully saturated rings. The predicted molar refractivity (Wildman–Crippen MR) is 131 cm³/mol. The van der Waals surface area contributed by atoms with Crippen LogP contribution in [0.25, 0.3) is 6.08 Å². The third kappa shape index (κ3) is 5.42. The quantitative estimate of drug-likeness (QED) is 0.323. The molecule has 6 nitrogen and oxygen atoms in total. The monoisotopic (exact) mass is 548 g/mol. The normalized spacial score (nSPS) is 16.4. The first-order valence-corrected chi connectivity index (χ1v) is 12.5. The summed E-state index contributed by atoms with van der Waals surface area (Å²) in [5.74, 6) is -0.249. The van der Waals surface area contributed by atoms with Crippen LogP contribution in [-0.4, -0.2) is 19.5 Å². The lowest BCUT2D eigenvalue weighted by atomic mass is 10.2. The number of halogens is 2. The summed E-state index contributed by atoms with van der Waals surface area (Å²) in [5, 5.41) is 3.69. The van der Waals surface area contributed by atoms with E-state index in [9.17, 15) is 13.2 Å². The molecule has 3 aromatic rings. The van der Waals surface area contributed by atoms with Gasteiger partial charge in [0, 0.05) is 15.1 Å². The summed E-state index contributed by atoms with van der Waals surface area (Å²) in [7, 11) is -4.04. The van der Waals surface area contributed by atoms with Crippen molar-refractivity contribution >= 4 is 72.2 Å². The Morgan fingerprint density at radius 3 is 2.47 bits per heavy atom. The first-order valence-electron chi connectivity index (χ1n) is 9.14. The second-order valence-electron chi connectivity index (χ2n) is 6.49. The van der Waals surface area contributed by atoms with Crippen LogP contribution in [0.1, 0.15) is 5.56 Å². The van der Waals surface area contributed by atoms with Crippen molar-refractivity contribution in [2.24, 2.45) is 4.99 Å². The Morgan fingerprint density at radius 1 is 1.03 bits per heavy atom. The Labute approximate surface area is 202 Å². The van der Waals surface area contributed by atoms with Crippen molar-refractivity contribution in [3.63, 3.8) is 0 Å². The molecule has 0 aromatic heterocycles. The number of nitrogens with one attached hydrogen (secondary N) is 1. The highest BCUT2D eigenvalue weighted by Crippen LogP contribution is 2.33. The van der Waals surface area contributed by atoms with E-state index in [1.54, 1.807) is 60.7 Å². The summed E-state index contributed by atoms with van der Waals surface area (Å²) < 4.78 is 31.4. The van der Waals surface area contributed by atoms with E-state index in [1.165, 1.54) is 18.2 Å². The summed E-state index contributed by atoms with van der Waals surface area (Å²) in [5.41, 5.74) is 1.06. The van der Waals surface area contributed by atoms with Crippen molar-refractivity contribution in [1.29, 1.82) is 0 Å². The maximum atomic E-state index is 12.7. The molecule has 0 spiro atoms. The average molecular weight is 550 g/mol. The van der Waals surface area contributed by atoms with Gasteiger partial charge >= 0.3 is 10.1 Å². The number of hydrogen-bond acceptors (Lipinski definition) is 6. The van der Waals surface area contributed by atoms with E-state index < -0.39 is 10.1 Å². The molecule has 162 valence electrons. The molecule has 10 heteroatoms. The molecule has 3 aromatic carbocycles. The summed E-state index contributed by atoms with van der Waals surface area (Å²) >= 11 is 10.4. The van der Waals surface area contributed by atoms with Crippen LogP contribution >= 0.6 is 39.3 Å². The van der Waals surface area contributed by atoms with E-state index in [4.69, 9.17) is 15.8 Å². The fraction of sp³-hybridized carbons (Fsp3) is 0. The van der Waals surface area contributed by atoms with Gasteiger partial charge in [-0.1, -0.05) is 45.7 Å². The van der Waals surface area contributed by atoms with Crippen LogP contribution in [0, 0.1) is 0 Å². The summed E-state index contributed by atoms with van der Waals surface area (Å²) in [6, 6.07) is 19.6. The molecule has 1 heterocycles. The molecule has 0 saturated carbocycles. The maximum absolute atomic E-state index is 12.7. The van der Waals surface area contributed by atoms with Gasteiger partial charge in [-0.2, -0.15) is 8.42 Å². The Morgan fingerprint density at radius 2 is 1.75 bits per heavy atom. The van der Waals surface area contributed by atoms with Crippen molar-refractivity contribution in [3.8, 4) is 5.75 Å². The number of rotatable bonds is 5. The third-order valence-corrected chi connectivity index (χ3v) is 7.10. The lowest BCUT2D eigenvalue weighted by Crippen LogP contribution is -2.19. The minimum absolute atomic E-state index is 0.0342. The van der Waals surface area contributed by atoms with Crippen molar-refractivity contribution in [3.05, 3.63) is 92.8 Å². The van der Waals surface area contributed by atoms with Gasteiger partial charge in [0.2, 0.25) is 0 Å². The van der Waals surface area contributed by atoms with Crippen LogP contribution in [0.5, 0.6) is 5.75 Å². The zero-order chi connectivity index (χ0) is 22.7. The van der Waals surface area contributed by atoms with E-state index in [0.717, 1.165) is 11.8 Å². The van der Waals surface area contributed by atoms with Gasteiger partial charge in [-0.25, -0.2) is 4.99 Å². The van der Waals surface area contributed by atoms with E-state index in [2.05, 4.69) is 26.2 Å². The topological polar surface area (TPSA) is 84.8 Å². The summed E-state index contributed by atoms with van der Waals surface area (Å²) in [6.45, 7) is 0. The number of carbonyl (C=O) groups is 1. The van der Waals surface area contributed by atoms with Gasteiger partial charge in [0.1, 0.15) is 10.6 Å². The molecule has 0 bridgehead atoms. The zero-order valence-corrected chi connectivity index (χ0v) is 20.1. The zero-order valence-electron chi connectivity index (χ0n) is 16.2. The number of thioether (sulfide) groups is 1. The Bertz CT molecular complexity index is 1340. The van der Waals surface area contributed by atoms with Crippen LogP contribution in [0.3, 0.4) is 0 Å². The molecular weight excluding hydrogens is 536 g/mol. The van der Waals surface area contributed by atoms with Crippen LogP contribution < -0.4 is 9.50 Å². The van der Waals surface area contributed by atoms with Gasteiger partial charge < -0.3 is 9.50 Å². The van der Waals surface area contributed by atoms with Gasteiger partial charge in [0.25, 0.3) is 5.91 Å². The molecule has 0 radical (unpaired) electrons. The number of amidine groups is 1. The molecule has 1 aliphatic rings. The maximum Gasteiger partial charge on any atom is 0.339 e. The smallest absolute Gasteiger partial charge is 0.339 e. The molecule has 0 unspecified atom stereocenters. The minimum Gasteiger partial charge on any atom is -0.378 e. The number of benzene rings is 3.